The first-order chi connectivity index (χ1) is 11.5. The molecule has 0 saturated heterocycles. The van der Waals surface area contributed by atoms with Crippen LogP contribution < -0.4 is 10.2 Å². The standard InChI is InChI=1S/C19H27N3O2/c1-5-22(17-8-6-7-14(2)13-17)12-11-20-19(23)10-9-18-15(3)21-24-16(18)4/h6-8,13H,5,9-12H2,1-4H3,(H,20,23). The number of aryl methyl sites for hydroxylation is 3. The van der Waals surface area contributed by atoms with Gasteiger partial charge in [-0.3, -0.25) is 4.79 Å². The molecule has 0 saturated carbocycles. The number of amides is 1. The fraction of sp³-hybridized carbons (Fsp3) is 0.474. The highest BCUT2D eigenvalue weighted by Crippen LogP contribution is 2.15. The fourth-order valence-electron chi connectivity index (χ4n) is 2.81. The van der Waals surface area contributed by atoms with E-state index in [0.717, 1.165) is 30.1 Å². The van der Waals surface area contributed by atoms with E-state index in [1.165, 1.54) is 11.3 Å². The smallest absolute Gasteiger partial charge is 0.220 e. The summed E-state index contributed by atoms with van der Waals surface area (Å²) in [5.74, 6) is 0.868. The Morgan fingerprint density at radius 2 is 2.08 bits per heavy atom. The van der Waals surface area contributed by atoms with Crippen LogP contribution >= 0.6 is 0 Å². The zero-order valence-corrected chi connectivity index (χ0v) is 15.1. The zero-order chi connectivity index (χ0) is 17.5. The molecule has 0 aliphatic heterocycles. The van der Waals surface area contributed by atoms with Gasteiger partial charge in [0.05, 0.1) is 5.69 Å². The highest BCUT2D eigenvalue weighted by atomic mass is 16.5. The molecule has 0 atom stereocenters. The van der Waals surface area contributed by atoms with Gasteiger partial charge in [-0.05, 0) is 51.8 Å². The Morgan fingerprint density at radius 3 is 2.71 bits per heavy atom. The molecule has 0 unspecified atom stereocenters. The third kappa shape index (κ3) is 4.85. The Morgan fingerprint density at radius 1 is 1.29 bits per heavy atom. The van der Waals surface area contributed by atoms with E-state index < -0.39 is 0 Å². The van der Waals surface area contributed by atoms with Gasteiger partial charge in [0, 0.05) is 37.3 Å². The van der Waals surface area contributed by atoms with Crippen LogP contribution in [-0.2, 0) is 11.2 Å². The molecule has 0 bridgehead atoms. The van der Waals surface area contributed by atoms with Crippen LogP contribution in [0.3, 0.4) is 0 Å². The van der Waals surface area contributed by atoms with Gasteiger partial charge in [0.2, 0.25) is 5.91 Å². The van der Waals surface area contributed by atoms with Crippen LogP contribution in [0.25, 0.3) is 0 Å². The molecule has 2 aromatic rings. The molecular formula is C19H27N3O2. The number of anilines is 1. The van der Waals surface area contributed by atoms with E-state index in [-0.39, 0.29) is 5.91 Å². The Hall–Kier alpha value is -2.30. The van der Waals surface area contributed by atoms with Crippen LogP contribution in [0.15, 0.2) is 28.8 Å². The van der Waals surface area contributed by atoms with Gasteiger partial charge in [0.25, 0.3) is 0 Å². The maximum absolute atomic E-state index is 12.0. The molecule has 0 aliphatic rings. The Kier molecular flexibility index (Phi) is 6.41. The molecule has 24 heavy (non-hydrogen) atoms. The van der Waals surface area contributed by atoms with E-state index in [1.54, 1.807) is 0 Å². The maximum Gasteiger partial charge on any atom is 0.220 e. The van der Waals surface area contributed by atoms with Crippen LogP contribution in [-0.4, -0.2) is 30.7 Å². The summed E-state index contributed by atoms with van der Waals surface area (Å²) in [5, 5.41) is 6.92. The molecule has 0 spiro atoms. The molecule has 0 fully saturated rings. The van der Waals surface area contributed by atoms with E-state index in [1.807, 2.05) is 13.8 Å². The summed E-state index contributed by atoms with van der Waals surface area (Å²) >= 11 is 0. The molecule has 5 nitrogen and oxygen atoms in total. The fourth-order valence-corrected chi connectivity index (χ4v) is 2.81. The van der Waals surface area contributed by atoms with Crippen LogP contribution in [0.1, 0.15) is 35.9 Å². The number of carbonyl (C=O) groups is 1. The molecular weight excluding hydrogens is 302 g/mol. The first-order valence-electron chi connectivity index (χ1n) is 8.51. The Balaban J connectivity index is 1.77. The number of nitrogens with one attached hydrogen (secondary N) is 1. The van der Waals surface area contributed by atoms with Crippen molar-refractivity contribution in [3.05, 3.63) is 46.8 Å². The summed E-state index contributed by atoms with van der Waals surface area (Å²) in [6, 6.07) is 8.43. The van der Waals surface area contributed by atoms with E-state index >= 15 is 0 Å². The van der Waals surface area contributed by atoms with Crippen molar-refractivity contribution in [1.29, 1.82) is 0 Å². The monoisotopic (exact) mass is 329 g/mol. The van der Waals surface area contributed by atoms with Gasteiger partial charge < -0.3 is 14.7 Å². The average molecular weight is 329 g/mol. The van der Waals surface area contributed by atoms with Crippen molar-refractivity contribution in [3.63, 3.8) is 0 Å². The number of nitrogens with zero attached hydrogens (tertiary/aromatic N) is 2. The normalized spacial score (nSPS) is 10.7. The summed E-state index contributed by atoms with van der Waals surface area (Å²) in [6.07, 6.45) is 1.13. The van der Waals surface area contributed by atoms with Crippen LogP contribution in [0.4, 0.5) is 5.69 Å². The van der Waals surface area contributed by atoms with Crippen LogP contribution in [0, 0.1) is 20.8 Å². The quantitative estimate of drug-likeness (QED) is 0.808. The number of rotatable bonds is 8. The van der Waals surface area contributed by atoms with Crippen molar-refractivity contribution >= 4 is 11.6 Å². The van der Waals surface area contributed by atoms with Gasteiger partial charge in [0.15, 0.2) is 0 Å². The van der Waals surface area contributed by atoms with Crippen LogP contribution in [0.5, 0.6) is 0 Å². The summed E-state index contributed by atoms with van der Waals surface area (Å²) < 4.78 is 5.12. The van der Waals surface area contributed by atoms with E-state index in [9.17, 15) is 4.79 Å². The molecule has 2 rings (SSSR count). The van der Waals surface area contributed by atoms with Gasteiger partial charge in [-0.2, -0.15) is 0 Å². The van der Waals surface area contributed by atoms with Crippen molar-refractivity contribution in [2.24, 2.45) is 0 Å². The Labute approximate surface area is 144 Å². The second-order valence-electron chi connectivity index (χ2n) is 6.07. The van der Waals surface area contributed by atoms with Gasteiger partial charge in [-0.25, -0.2) is 0 Å². The van der Waals surface area contributed by atoms with Crippen molar-refractivity contribution in [2.45, 2.75) is 40.5 Å². The first kappa shape index (κ1) is 18.0. The van der Waals surface area contributed by atoms with Crippen molar-refractivity contribution < 1.29 is 9.32 Å². The summed E-state index contributed by atoms with van der Waals surface area (Å²) in [5.41, 5.74) is 4.36. The third-order valence-corrected chi connectivity index (χ3v) is 4.24. The number of hydrogen-bond donors (Lipinski definition) is 1. The van der Waals surface area contributed by atoms with Crippen molar-refractivity contribution in [2.75, 3.05) is 24.5 Å². The minimum Gasteiger partial charge on any atom is -0.370 e. The van der Waals surface area contributed by atoms with Gasteiger partial charge in [-0.1, -0.05) is 17.3 Å². The molecule has 1 aromatic heterocycles. The SMILES string of the molecule is CCN(CCNC(=O)CCc1c(C)noc1C)c1cccc(C)c1. The summed E-state index contributed by atoms with van der Waals surface area (Å²) in [6.45, 7) is 10.4. The van der Waals surface area contributed by atoms with Gasteiger partial charge in [0.1, 0.15) is 5.76 Å². The van der Waals surface area contributed by atoms with Gasteiger partial charge in [-0.15, -0.1) is 0 Å². The molecule has 1 N–H and O–H groups in total. The van der Waals surface area contributed by atoms with E-state index in [0.29, 0.717) is 19.4 Å². The average Bonchev–Trinajstić information content (AvgIpc) is 2.88. The topological polar surface area (TPSA) is 58.4 Å². The molecule has 1 aromatic carbocycles. The third-order valence-electron chi connectivity index (χ3n) is 4.24. The Bertz CT molecular complexity index is 660. The molecule has 0 aliphatic carbocycles. The summed E-state index contributed by atoms with van der Waals surface area (Å²) in [7, 11) is 0. The lowest BCUT2D eigenvalue weighted by Crippen LogP contribution is -2.35. The predicted octanol–water partition coefficient (Wildman–Crippen LogP) is 3.18. The second-order valence-corrected chi connectivity index (χ2v) is 6.07. The number of aromatic nitrogens is 1. The maximum atomic E-state index is 12.0. The minimum absolute atomic E-state index is 0.0651. The van der Waals surface area contributed by atoms with Crippen molar-refractivity contribution in [1.82, 2.24) is 10.5 Å². The molecule has 1 heterocycles. The van der Waals surface area contributed by atoms with E-state index in [4.69, 9.17) is 4.52 Å². The lowest BCUT2D eigenvalue weighted by molar-refractivity contribution is -0.120. The molecule has 5 heteroatoms. The largest absolute Gasteiger partial charge is 0.370 e. The number of benzene rings is 1. The lowest BCUT2D eigenvalue weighted by Gasteiger charge is -2.23. The molecule has 0 radical (unpaired) electrons. The van der Waals surface area contributed by atoms with Crippen molar-refractivity contribution in [3.8, 4) is 0 Å². The molecule has 1 amide bonds. The minimum atomic E-state index is 0.0651. The lowest BCUT2D eigenvalue weighted by atomic mass is 10.1. The van der Waals surface area contributed by atoms with E-state index in [2.05, 4.69) is 53.5 Å². The highest BCUT2D eigenvalue weighted by Gasteiger charge is 2.11. The van der Waals surface area contributed by atoms with Gasteiger partial charge >= 0.3 is 0 Å². The number of hydrogen-bond acceptors (Lipinski definition) is 4. The number of carbonyl (C=O) groups excluding carboxylic acids is 1. The highest BCUT2D eigenvalue weighted by molar-refractivity contribution is 5.76. The predicted molar refractivity (Wildman–Crippen MR) is 96.4 cm³/mol. The van der Waals surface area contributed by atoms with Crippen LogP contribution in [0.2, 0.25) is 0 Å². The second kappa shape index (κ2) is 8.52. The zero-order valence-electron chi connectivity index (χ0n) is 15.1. The first-order valence-corrected chi connectivity index (χ1v) is 8.51. The molecule has 130 valence electrons. The summed E-state index contributed by atoms with van der Waals surface area (Å²) in [4.78, 5) is 14.3. The number of likely N-dealkylation sites (N-methyl/N-ethyl adjacent to an activating group) is 1.